The molecular weight excluding hydrogens is 242 g/mol. The van der Waals surface area contributed by atoms with Crippen LogP contribution >= 0.6 is 0 Å². The van der Waals surface area contributed by atoms with Crippen LogP contribution in [0.3, 0.4) is 0 Å². The van der Waals surface area contributed by atoms with E-state index in [4.69, 9.17) is 5.73 Å². The molecule has 19 heavy (non-hydrogen) atoms. The van der Waals surface area contributed by atoms with Crippen LogP contribution < -0.4 is 11.1 Å². The Hall–Kier alpha value is -1.43. The van der Waals surface area contributed by atoms with E-state index in [2.05, 4.69) is 5.32 Å². The summed E-state index contributed by atoms with van der Waals surface area (Å²) in [5.41, 5.74) is 6.85. The lowest BCUT2D eigenvalue weighted by atomic mass is 10.1. The average Bonchev–Trinajstić information content (AvgIpc) is 2.38. The monoisotopic (exact) mass is 265 g/mol. The zero-order valence-electron chi connectivity index (χ0n) is 11.8. The molecular formula is C14H23N3O2. The van der Waals surface area contributed by atoms with Crippen molar-refractivity contribution < 1.29 is 9.90 Å². The number of carbonyl (C=O) groups excluding carboxylic acids is 1. The minimum atomic E-state index is -0.420. The molecule has 5 nitrogen and oxygen atoms in total. The van der Waals surface area contributed by atoms with Crippen molar-refractivity contribution in [1.29, 1.82) is 0 Å². The molecule has 0 aliphatic rings. The van der Waals surface area contributed by atoms with Gasteiger partial charge in [0.25, 0.3) is 0 Å². The first-order valence-corrected chi connectivity index (χ1v) is 6.30. The van der Waals surface area contributed by atoms with Crippen LogP contribution in [0.2, 0.25) is 0 Å². The number of hydrogen-bond donors (Lipinski definition) is 3. The first-order chi connectivity index (χ1) is 8.89. The standard InChI is InChI=1S/C14H23N3O2/c1-14(2,10-18)17(3)9-13(19)16-12-6-4-5-11(7-12)8-15/h4-7,18H,8-10,15H2,1-3H3,(H,16,19). The molecule has 0 aromatic heterocycles. The van der Waals surface area contributed by atoms with E-state index >= 15 is 0 Å². The Balaban J connectivity index is 2.60. The predicted octanol–water partition coefficient (Wildman–Crippen LogP) is 0.786. The molecule has 0 aliphatic carbocycles. The van der Waals surface area contributed by atoms with Crippen LogP contribution in [0, 0.1) is 0 Å². The summed E-state index contributed by atoms with van der Waals surface area (Å²) in [5, 5.41) is 12.1. The number of anilines is 1. The molecule has 0 saturated heterocycles. The Labute approximate surface area is 114 Å². The third-order valence-corrected chi connectivity index (χ3v) is 3.25. The van der Waals surface area contributed by atoms with E-state index in [-0.39, 0.29) is 19.1 Å². The Kier molecular flexibility index (Phi) is 5.47. The van der Waals surface area contributed by atoms with Crippen LogP contribution in [0.25, 0.3) is 0 Å². The number of amides is 1. The molecule has 0 fully saturated rings. The number of carbonyl (C=O) groups is 1. The molecule has 4 N–H and O–H groups in total. The van der Waals surface area contributed by atoms with E-state index in [1.165, 1.54) is 0 Å². The highest BCUT2D eigenvalue weighted by molar-refractivity contribution is 5.92. The zero-order valence-corrected chi connectivity index (χ0v) is 11.8. The van der Waals surface area contributed by atoms with Gasteiger partial charge < -0.3 is 16.2 Å². The van der Waals surface area contributed by atoms with Crippen molar-refractivity contribution in [2.75, 3.05) is 25.5 Å². The van der Waals surface area contributed by atoms with Gasteiger partial charge in [0.15, 0.2) is 0 Å². The van der Waals surface area contributed by atoms with E-state index in [0.717, 1.165) is 11.3 Å². The van der Waals surface area contributed by atoms with Crippen molar-refractivity contribution in [2.45, 2.75) is 25.9 Å². The fourth-order valence-corrected chi connectivity index (χ4v) is 1.53. The highest BCUT2D eigenvalue weighted by Gasteiger charge is 2.24. The van der Waals surface area contributed by atoms with E-state index in [9.17, 15) is 9.90 Å². The summed E-state index contributed by atoms with van der Waals surface area (Å²) in [7, 11) is 1.81. The Morgan fingerprint density at radius 2 is 2.16 bits per heavy atom. The summed E-state index contributed by atoms with van der Waals surface area (Å²) in [6.45, 7) is 4.44. The molecule has 0 atom stereocenters. The van der Waals surface area contributed by atoms with Gasteiger partial charge in [-0.1, -0.05) is 12.1 Å². The number of aliphatic hydroxyl groups is 1. The maximum atomic E-state index is 11.9. The van der Waals surface area contributed by atoms with Crippen molar-refractivity contribution in [2.24, 2.45) is 5.73 Å². The summed E-state index contributed by atoms with van der Waals surface area (Å²) in [6.07, 6.45) is 0. The van der Waals surface area contributed by atoms with Gasteiger partial charge in [-0.25, -0.2) is 0 Å². The quantitative estimate of drug-likeness (QED) is 0.710. The first kappa shape index (κ1) is 15.6. The maximum absolute atomic E-state index is 11.9. The molecule has 106 valence electrons. The molecule has 0 unspecified atom stereocenters. The van der Waals surface area contributed by atoms with E-state index in [1.54, 1.807) is 0 Å². The van der Waals surface area contributed by atoms with Gasteiger partial charge in [0.1, 0.15) is 0 Å². The zero-order chi connectivity index (χ0) is 14.5. The molecule has 5 heteroatoms. The summed E-state index contributed by atoms with van der Waals surface area (Å²) in [5.74, 6) is -0.113. The van der Waals surface area contributed by atoms with Gasteiger partial charge in [-0.05, 0) is 38.6 Å². The second kappa shape index (κ2) is 6.65. The van der Waals surface area contributed by atoms with Gasteiger partial charge >= 0.3 is 0 Å². The van der Waals surface area contributed by atoms with Crippen molar-refractivity contribution in [1.82, 2.24) is 4.90 Å². The fraction of sp³-hybridized carbons (Fsp3) is 0.500. The fourth-order valence-electron chi connectivity index (χ4n) is 1.53. The van der Waals surface area contributed by atoms with Crippen LogP contribution in [0.4, 0.5) is 5.69 Å². The van der Waals surface area contributed by atoms with E-state index < -0.39 is 5.54 Å². The highest BCUT2D eigenvalue weighted by atomic mass is 16.3. The number of rotatable bonds is 6. The largest absolute Gasteiger partial charge is 0.394 e. The number of hydrogen-bond acceptors (Lipinski definition) is 4. The van der Waals surface area contributed by atoms with Crippen LogP contribution in [-0.2, 0) is 11.3 Å². The van der Waals surface area contributed by atoms with Gasteiger partial charge in [0, 0.05) is 17.8 Å². The number of aliphatic hydroxyl groups excluding tert-OH is 1. The van der Waals surface area contributed by atoms with Gasteiger partial charge in [0.05, 0.1) is 13.2 Å². The normalized spacial score (nSPS) is 11.7. The predicted molar refractivity (Wildman–Crippen MR) is 76.8 cm³/mol. The highest BCUT2D eigenvalue weighted by Crippen LogP contribution is 2.12. The van der Waals surface area contributed by atoms with Crippen molar-refractivity contribution in [3.8, 4) is 0 Å². The SMILES string of the molecule is CN(CC(=O)Nc1cccc(CN)c1)C(C)(C)CO. The molecule has 0 aliphatic heterocycles. The first-order valence-electron chi connectivity index (χ1n) is 6.30. The summed E-state index contributed by atoms with van der Waals surface area (Å²) in [4.78, 5) is 13.7. The molecule has 1 amide bonds. The molecule has 0 spiro atoms. The van der Waals surface area contributed by atoms with Crippen molar-refractivity contribution >= 4 is 11.6 Å². The van der Waals surface area contributed by atoms with E-state index in [1.807, 2.05) is 50.1 Å². The van der Waals surface area contributed by atoms with Crippen LogP contribution in [-0.4, -0.2) is 41.7 Å². The number of likely N-dealkylation sites (N-methyl/N-ethyl adjacent to an activating group) is 1. The van der Waals surface area contributed by atoms with Gasteiger partial charge in [-0.3, -0.25) is 9.69 Å². The third kappa shape index (κ3) is 4.63. The molecule has 1 rings (SSSR count). The van der Waals surface area contributed by atoms with Gasteiger partial charge in [0.2, 0.25) is 5.91 Å². The molecule has 0 saturated carbocycles. The Morgan fingerprint density at radius 3 is 2.74 bits per heavy atom. The lowest BCUT2D eigenvalue weighted by Gasteiger charge is -2.33. The third-order valence-electron chi connectivity index (χ3n) is 3.25. The second-order valence-electron chi connectivity index (χ2n) is 5.28. The average molecular weight is 265 g/mol. The topological polar surface area (TPSA) is 78.6 Å². The van der Waals surface area contributed by atoms with Gasteiger partial charge in [-0.2, -0.15) is 0 Å². The van der Waals surface area contributed by atoms with Crippen LogP contribution in [0.15, 0.2) is 24.3 Å². The van der Waals surface area contributed by atoms with E-state index in [0.29, 0.717) is 6.54 Å². The maximum Gasteiger partial charge on any atom is 0.238 e. The molecule has 0 radical (unpaired) electrons. The Morgan fingerprint density at radius 1 is 1.47 bits per heavy atom. The molecule has 1 aromatic rings. The lowest BCUT2D eigenvalue weighted by molar-refractivity contribution is -0.118. The Bertz CT molecular complexity index is 432. The van der Waals surface area contributed by atoms with Gasteiger partial charge in [-0.15, -0.1) is 0 Å². The lowest BCUT2D eigenvalue weighted by Crippen LogP contribution is -2.47. The van der Waals surface area contributed by atoms with Crippen molar-refractivity contribution in [3.05, 3.63) is 29.8 Å². The second-order valence-corrected chi connectivity index (χ2v) is 5.28. The number of nitrogens with zero attached hydrogens (tertiary/aromatic N) is 1. The van der Waals surface area contributed by atoms with Crippen LogP contribution in [0.1, 0.15) is 19.4 Å². The summed E-state index contributed by atoms with van der Waals surface area (Å²) in [6, 6.07) is 7.46. The molecule has 0 bridgehead atoms. The van der Waals surface area contributed by atoms with Crippen LogP contribution in [0.5, 0.6) is 0 Å². The van der Waals surface area contributed by atoms with Crippen molar-refractivity contribution in [3.63, 3.8) is 0 Å². The number of nitrogens with two attached hydrogens (primary N) is 1. The minimum absolute atomic E-state index is 0.000557. The summed E-state index contributed by atoms with van der Waals surface area (Å²) < 4.78 is 0. The molecule has 1 aromatic carbocycles. The number of benzene rings is 1. The molecule has 0 heterocycles. The minimum Gasteiger partial charge on any atom is -0.394 e. The smallest absolute Gasteiger partial charge is 0.238 e. The summed E-state index contributed by atoms with van der Waals surface area (Å²) >= 11 is 0. The number of nitrogens with one attached hydrogen (secondary N) is 1.